The van der Waals surface area contributed by atoms with E-state index in [9.17, 15) is 9.59 Å². The van der Waals surface area contributed by atoms with Crippen molar-refractivity contribution in [1.82, 2.24) is 15.1 Å². The summed E-state index contributed by atoms with van der Waals surface area (Å²) in [5.41, 5.74) is 1.61. The molecule has 25 heavy (non-hydrogen) atoms. The van der Waals surface area contributed by atoms with Gasteiger partial charge in [-0.15, -0.1) is 0 Å². The lowest BCUT2D eigenvalue weighted by Crippen LogP contribution is -2.32. The third kappa shape index (κ3) is 3.73. The fraction of sp³-hybridized carbons (Fsp3) is 0.421. The van der Waals surface area contributed by atoms with E-state index in [1.807, 2.05) is 35.0 Å². The first kappa shape index (κ1) is 17.2. The highest BCUT2D eigenvalue weighted by Gasteiger charge is 2.33. The van der Waals surface area contributed by atoms with E-state index in [-0.39, 0.29) is 5.91 Å². The topological polar surface area (TPSA) is 84.2 Å². The number of carbonyl (C=O) groups excluding carboxylic acids is 1. The Morgan fingerprint density at radius 1 is 1.28 bits per heavy atom. The van der Waals surface area contributed by atoms with E-state index in [4.69, 9.17) is 5.11 Å². The molecule has 0 saturated heterocycles. The molecule has 0 unspecified atom stereocenters. The number of rotatable bonds is 7. The lowest BCUT2D eigenvalue weighted by Gasteiger charge is -2.18. The van der Waals surface area contributed by atoms with Crippen molar-refractivity contribution in [1.29, 1.82) is 0 Å². The van der Waals surface area contributed by atoms with E-state index in [2.05, 4.69) is 10.4 Å². The van der Waals surface area contributed by atoms with E-state index in [1.54, 1.807) is 20.0 Å². The zero-order valence-electron chi connectivity index (χ0n) is 14.5. The van der Waals surface area contributed by atoms with Crippen molar-refractivity contribution in [3.8, 4) is 5.69 Å². The first-order chi connectivity index (χ1) is 11.9. The maximum absolute atomic E-state index is 12.6. The fourth-order valence-electron chi connectivity index (χ4n) is 2.75. The quantitative estimate of drug-likeness (QED) is 0.811. The zero-order valence-corrected chi connectivity index (χ0v) is 14.5. The Labute approximate surface area is 146 Å². The number of carboxylic acid groups (broad SMARTS) is 1. The van der Waals surface area contributed by atoms with Crippen LogP contribution in [-0.4, -0.2) is 33.3 Å². The maximum Gasteiger partial charge on any atom is 0.309 e. The number of aromatic nitrogens is 2. The van der Waals surface area contributed by atoms with Gasteiger partial charge in [0.05, 0.1) is 28.6 Å². The van der Waals surface area contributed by atoms with Crippen molar-refractivity contribution in [2.24, 2.45) is 5.41 Å². The Bertz CT molecular complexity index is 776. The normalized spacial score (nSPS) is 14.3. The first-order valence-electron chi connectivity index (χ1n) is 8.55. The summed E-state index contributed by atoms with van der Waals surface area (Å²) >= 11 is 0. The highest BCUT2D eigenvalue weighted by molar-refractivity contribution is 5.95. The standard InChI is InChI=1S/C19H23N3O3/c1-19(2,18(24)25)10-11-20-17(23)15-12-21-22(16(15)13-8-9-13)14-6-4-3-5-7-14/h3-7,12-13H,8-11H2,1-2H3,(H,20,23)(H,24,25). The van der Waals surface area contributed by atoms with Gasteiger partial charge in [-0.05, 0) is 45.2 Å². The lowest BCUT2D eigenvalue weighted by molar-refractivity contribution is -0.147. The van der Waals surface area contributed by atoms with Crippen LogP contribution < -0.4 is 5.32 Å². The molecule has 0 spiro atoms. The molecule has 0 bridgehead atoms. The van der Waals surface area contributed by atoms with Crippen molar-refractivity contribution < 1.29 is 14.7 Å². The number of hydrogen-bond acceptors (Lipinski definition) is 3. The summed E-state index contributed by atoms with van der Waals surface area (Å²) in [4.78, 5) is 23.7. The summed E-state index contributed by atoms with van der Waals surface area (Å²) in [5, 5.41) is 16.4. The van der Waals surface area contributed by atoms with Crippen molar-refractivity contribution in [3.63, 3.8) is 0 Å². The molecule has 1 aliphatic carbocycles. The second-order valence-corrected chi connectivity index (χ2v) is 7.16. The Hall–Kier alpha value is -2.63. The molecule has 1 aliphatic rings. The molecular weight excluding hydrogens is 318 g/mol. The van der Waals surface area contributed by atoms with Crippen LogP contribution in [0.4, 0.5) is 0 Å². The molecule has 0 atom stereocenters. The minimum atomic E-state index is -0.864. The van der Waals surface area contributed by atoms with E-state index < -0.39 is 11.4 Å². The largest absolute Gasteiger partial charge is 0.481 e. The van der Waals surface area contributed by atoms with Crippen LogP contribution in [0, 0.1) is 5.41 Å². The van der Waals surface area contributed by atoms with Crippen LogP contribution in [0.15, 0.2) is 36.5 Å². The molecule has 1 fully saturated rings. The van der Waals surface area contributed by atoms with Gasteiger partial charge in [0.25, 0.3) is 5.91 Å². The van der Waals surface area contributed by atoms with Gasteiger partial charge in [-0.1, -0.05) is 18.2 Å². The number of hydrogen-bond donors (Lipinski definition) is 2. The Morgan fingerprint density at radius 3 is 2.56 bits per heavy atom. The third-order valence-electron chi connectivity index (χ3n) is 4.63. The van der Waals surface area contributed by atoms with E-state index in [1.165, 1.54) is 0 Å². The molecule has 1 saturated carbocycles. The van der Waals surface area contributed by atoms with Gasteiger partial charge >= 0.3 is 5.97 Å². The molecule has 2 N–H and O–H groups in total. The predicted octanol–water partition coefficient (Wildman–Crippen LogP) is 2.98. The van der Waals surface area contributed by atoms with Crippen LogP contribution in [0.5, 0.6) is 0 Å². The third-order valence-corrected chi connectivity index (χ3v) is 4.63. The van der Waals surface area contributed by atoms with E-state index in [0.29, 0.717) is 24.4 Å². The highest BCUT2D eigenvalue weighted by atomic mass is 16.4. The van der Waals surface area contributed by atoms with E-state index >= 15 is 0 Å². The van der Waals surface area contributed by atoms with Gasteiger partial charge in [0.1, 0.15) is 0 Å². The van der Waals surface area contributed by atoms with Crippen LogP contribution in [-0.2, 0) is 4.79 Å². The number of benzene rings is 1. The van der Waals surface area contributed by atoms with Gasteiger partial charge in [-0.25, -0.2) is 4.68 Å². The van der Waals surface area contributed by atoms with Crippen LogP contribution in [0.3, 0.4) is 0 Å². The minimum absolute atomic E-state index is 0.190. The number of carboxylic acids is 1. The van der Waals surface area contributed by atoms with Gasteiger partial charge in [0, 0.05) is 12.5 Å². The molecule has 132 valence electrons. The SMILES string of the molecule is CC(C)(CCNC(=O)c1cnn(-c2ccccc2)c1C1CC1)C(=O)O. The molecule has 1 aromatic carbocycles. The highest BCUT2D eigenvalue weighted by Crippen LogP contribution is 2.42. The molecule has 2 aromatic rings. The predicted molar refractivity (Wildman–Crippen MR) is 93.9 cm³/mol. The number of nitrogens with zero attached hydrogens (tertiary/aromatic N) is 2. The van der Waals surface area contributed by atoms with Crippen LogP contribution in [0.2, 0.25) is 0 Å². The van der Waals surface area contributed by atoms with E-state index in [0.717, 1.165) is 24.2 Å². The Morgan fingerprint density at radius 2 is 1.96 bits per heavy atom. The second-order valence-electron chi connectivity index (χ2n) is 7.16. The number of amides is 1. The van der Waals surface area contributed by atoms with Gasteiger partial charge in [-0.2, -0.15) is 5.10 Å². The summed E-state index contributed by atoms with van der Waals surface area (Å²) in [6, 6.07) is 9.77. The van der Waals surface area contributed by atoms with Crippen molar-refractivity contribution in [2.75, 3.05) is 6.54 Å². The second kappa shape index (κ2) is 6.70. The Balaban J connectivity index is 1.75. The molecule has 0 aliphatic heterocycles. The van der Waals surface area contributed by atoms with Crippen LogP contribution >= 0.6 is 0 Å². The summed E-state index contributed by atoms with van der Waals surface area (Å²) in [6.45, 7) is 3.63. The molecule has 0 radical (unpaired) electrons. The summed E-state index contributed by atoms with van der Waals surface area (Å²) in [6.07, 6.45) is 4.10. The zero-order chi connectivity index (χ0) is 18.0. The molecule has 1 heterocycles. The molecule has 6 heteroatoms. The van der Waals surface area contributed by atoms with Crippen LogP contribution in [0.25, 0.3) is 5.69 Å². The number of nitrogens with one attached hydrogen (secondary N) is 1. The average Bonchev–Trinajstić information content (AvgIpc) is 3.33. The summed E-state index contributed by atoms with van der Waals surface area (Å²) in [5.74, 6) is -0.693. The van der Waals surface area contributed by atoms with Gasteiger partial charge in [0.15, 0.2) is 0 Å². The van der Waals surface area contributed by atoms with Crippen LogP contribution in [0.1, 0.15) is 55.1 Å². The monoisotopic (exact) mass is 341 g/mol. The number of para-hydroxylation sites is 1. The van der Waals surface area contributed by atoms with Crippen molar-refractivity contribution in [2.45, 2.75) is 39.0 Å². The van der Waals surface area contributed by atoms with Crippen molar-refractivity contribution >= 4 is 11.9 Å². The summed E-state index contributed by atoms with van der Waals surface area (Å²) < 4.78 is 1.84. The van der Waals surface area contributed by atoms with Gasteiger partial charge in [0.2, 0.25) is 0 Å². The number of carbonyl (C=O) groups is 2. The molecule has 1 aromatic heterocycles. The Kier molecular flexibility index (Phi) is 4.61. The van der Waals surface area contributed by atoms with Crippen molar-refractivity contribution in [3.05, 3.63) is 47.8 Å². The number of aliphatic carboxylic acids is 1. The first-order valence-corrected chi connectivity index (χ1v) is 8.55. The van der Waals surface area contributed by atoms with Gasteiger partial charge < -0.3 is 10.4 Å². The maximum atomic E-state index is 12.6. The molecule has 3 rings (SSSR count). The average molecular weight is 341 g/mol. The fourth-order valence-corrected chi connectivity index (χ4v) is 2.75. The lowest BCUT2D eigenvalue weighted by atomic mass is 9.90. The summed E-state index contributed by atoms with van der Waals surface area (Å²) in [7, 11) is 0. The minimum Gasteiger partial charge on any atom is -0.481 e. The molecule has 6 nitrogen and oxygen atoms in total. The molecule has 1 amide bonds. The molecular formula is C19H23N3O3. The van der Waals surface area contributed by atoms with Gasteiger partial charge in [-0.3, -0.25) is 9.59 Å². The smallest absolute Gasteiger partial charge is 0.309 e.